The number of imidazole rings is 1. The van der Waals surface area contributed by atoms with E-state index in [9.17, 15) is 0 Å². The summed E-state index contributed by atoms with van der Waals surface area (Å²) in [5.41, 5.74) is 3.42. The van der Waals surface area contributed by atoms with Crippen LogP contribution in [0.1, 0.15) is 24.1 Å². The number of aryl methyl sites for hydroxylation is 1. The smallest absolute Gasteiger partial charge is 0.137 e. The molecule has 0 bridgehead atoms. The van der Waals surface area contributed by atoms with Crippen molar-refractivity contribution in [1.82, 2.24) is 9.38 Å². The summed E-state index contributed by atoms with van der Waals surface area (Å²) < 4.78 is 7.71. The summed E-state index contributed by atoms with van der Waals surface area (Å²) in [6, 6.07) is 4.21. The van der Waals surface area contributed by atoms with Crippen LogP contribution in [0.15, 0.2) is 24.5 Å². The highest BCUT2D eigenvalue weighted by Crippen LogP contribution is 2.17. The SMILES string of the molecule is Cc1ccn2cc(CC3CCCO3)nc2c1. The van der Waals surface area contributed by atoms with Crippen molar-refractivity contribution in [3.8, 4) is 0 Å². The molecule has 3 nitrogen and oxygen atoms in total. The van der Waals surface area contributed by atoms with Gasteiger partial charge in [-0.25, -0.2) is 4.98 Å². The maximum absolute atomic E-state index is 5.63. The third-order valence-corrected chi connectivity index (χ3v) is 3.13. The first kappa shape index (κ1) is 9.85. The first-order valence-corrected chi connectivity index (χ1v) is 5.87. The number of hydrogen-bond donors (Lipinski definition) is 0. The summed E-state index contributed by atoms with van der Waals surface area (Å²) in [4.78, 5) is 4.62. The van der Waals surface area contributed by atoms with E-state index < -0.39 is 0 Å². The maximum atomic E-state index is 5.63. The van der Waals surface area contributed by atoms with Crippen molar-refractivity contribution in [2.75, 3.05) is 6.61 Å². The van der Waals surface area contributed by atoms with Crippen molar-refractivity contribution in [1.29, 1.82) is 0 Å². The Morgan fingerprint density at radius 1 is 1.56 bits per heavy atom. The molecule has 84 valence electrons. The monoisotopic (exact) mass is 216 g/mol. The zero-order chi connectivity index (χ0) is 11.0. The minimum Gasteiger partial charge on any atom is -0.378 e. The summed E-state index contributed by atoms with van der Waals surface area (Å²) in [5.74, 6) is 0. The van der Waals surface area contributed by atoms with Crippen LogP contribution in [-0.2, 0) is 11.2 Å². The normalized spacial score (nSPS) is 20.7. The fourth-order valence-electron chi connectivity index (χ4n) is 2.27. The van der Waals surface area contributed by atoms with Crippen LogP contribution in [0.2, 0.25) is 0 Å². The van der Waals surface area contributed by atoms with E-state index in [1.165, 1.54) is 18.4 Å². The molecule has 0 amide bonds. The van der Waals surface area contributed by atoms with Crippen molar-refractivity contribution in [2.24, 2.45) is 0 Å². The van der Waals surface area contributed by atoms with E-state index in [4.69, 9.17) is 4.74 Å². The average molecular weight is 216 g/mol. The molecule has 0 aromatic carbocycles. The lowest BCUT2D eigenvalue weighted by molar-refractivity contribution is 0.111. The fourth-order valence-corrected chi connectivity index (χ4v) is 2.27. The molecule has 1 saturated heterocycles. The van der Waals surface area contributed by atoms with Crippen molar-refractivity contribution in [3.05, 3.63) is 35.8 Å². The van der Waals surface area contributed by atoms with Crippen molar-refractivity contribution in [2.45, 2.75) is 32.3 Å². The van der Waals surface area contributed by atoms with Gasteiger partial charge in [0.1, 0.15) is 5.65 Å². The molecule has 3 heteroatoms. The van der Waals surface area contributed by atoms with E-state index in [2.05, 4.69) is 40.8 Å². The Bertz CT molecular complexity index is 498. The van der Waals surface area contributed by atoms with Crippen LogP contribution in [0.4, 0.5) is 0 Å². The lowest BCUT2D eigenvalue weighted by Gasteiger charge is -2.05. The molecule has 1 aliphatic heterocycles. The number of ether oxygens (including phenoxy) is 1. The quantitative estimate of drug-likeness (QED) is 0.770. The van der Waals surface area contributed by atoms with E-state index in [1.807, 2.05) is 0 Å². The van der Waals surface area contributed by atoms with Gasteiger partial charge >= 0.3 is 0 Å². The first-order chi connectivity index (χ1) is 7.81. The summed E-state index contributed by atoms with van der Waals surface area (Å²) in [7, 11) is 0. The number of nitrogens with zero attached hydrogens (tertiary/aromatic N) is 2. The zero-order valence-corrected chi connectivity index (χ0v) is 9.52. The lowest BCUT2D eigenvalue weighted by Crippen LogP contribution is -2.08. The Balaban J connectivity index is 1.86. The highest BCUT2D eigenvalue weighted by Gasteiger charge is 2.17. The maximum Gasteiger partial charge on any atom is 0.137 e. The molecular weight excluding hydrogens is 200 g/mol. The number of aromatic nitrogens is 2. The van der Waals surface area contributed by atoms with Gasteiger partial charge < -0.3 is 9.14 Å². The molecule has 2 aromatic rings. The topological polar surface area (TPSA) is 26.5 Å². The van der Waals surface area contributed by atoms with Crippen LogP contribution < -0.4 is 0 Å². The van der Waals surface area contributed by atoms with Crippen LogP contribution in [-0.4, -0.2) is 22.1 Å². The lowest BCUT2D eigenvalue weighted by atomic mass is 10.1. The van der Waals surface area contributed by atoms with Gasteiger partial charge in [-0.2, -0.15) is 0 Å². The number of pyridine rings is 1. The van der Waals surface area contributed by atoms with Gasteiger partial charge in [0.25, 0.3) is 0 Å². The van der Waals surface area contributed by atoms with E-state index in [0.29, 0.717) is 6.10 Å². The molecule has 0 spiro atoms. The van der Waals surface area contributed by atoms with E-state index in [1.54, 1.807) is 0 Å². The van der Waals surface area contributed by atoms with E-state index in [0.717, 1.165) is 24.4 Å². The fraction of sp³-hybridized carbons (Fsp3) is 0.462. The van der Waals surface area contributed by atoms with Crippen molar-refractivity contribution >= 4 is 5.65 Å². The predicted molar refractivity (Wildman–Crippen MR) is 62.6 cm³/mol. The Hall–Kier alpha value is -1.35. The van der Waals surface area contributed by atoms with Gasteiger partial charge in [0, 0.05) is 25.4 Å². The highest BCUT2D eigenvalue weighted by molar-refractivity contribution is 5.42. The second kappa shape index (κ2) is 3.91. The molecule has 1 atom stereocenters. The molecular formula is C13H16N2O. The third-order valence-electron chi connectivity index (χ3n) is 3.13. The van der Waals surface area contributed by atoms with Gasteiger partial charge in [-0.3, -0.25) is 0 Å². The minimum absolute atomic E-state index is 0.381. The largest absolute Gasteiger partial charge is 0.378 e. The molecule has 16 heavy (non-hydrogen) atoms. The van der Waals surface area contributed by atoms with Gasteiger partial charge in [-0.05, 0) is 37.5 Å². The summed E-state index contributed by atoms with van der Waals surface area (Å²) in [5, 5.41) is 0. The number of hydrogen-bond acceptors (Lipinski definition) is 2. The molecule has 1 aliphatic rings. The molecule has 0 N–H and O–H groups in total. The minimum atomic E-state index is 0.381. The molecule has 0 radical (unpaired) electrons. The Morgan fingerprint density at radius 3 is 3.31 bits per heavy atom. The van der Waals surface area contributed by atoms with Crippen LogP contribution in [0, 0.1) is 6.92 Å². The third kappa shape index (κ3) is 1.83. The van der Waals surface area contributed by atoms with Crippen LogP contribution in [0.5, 0.6) is 0 Å². The van der Waals surface area contributed by atoms with E-state index >= 15 is 0 Å². The van der Waals surface area contributed by atoms with Gasteiger partial charge in [0.05, 0.1) is 11.8 Å². The molecule has 3 heterocycles. The number of rotatable bonds is 2. The second-order valence-corrected chi connectivity index (χ2v) is 4.54. The Kier molecular flexibility index (Phi) is 2.40. The zero-order valence-electron chi connectivity index (χ0n) is 9.52. The summed E-state index contributed by atoms with van der Waals surface area (Å²) in [6.07, 6.45) is 7.86. The standard InChI is InChI=1S/C13H16N2O/c1-10-4-5-15-9-11(14-13(15)7-10)8-12-3-2-6-16-12/h4-5,7,9,12H,2-3,6,8H2,1H3. The summed E-state index contributed by atoms with van der Waals surface area (Å²) >= 11 is 0. The van der Waals surface area contributed by atoms with Crippen molar-refractivity contribution in [3.63, 3.8) is 0 Å². The van der Waals surface area contributed by atoms with Crippen LogP contribution in [0.25, 0.3) is 5.65 Å². The van der Waals surface area contributed by atoms with Gasteiger partial charge in [0.2, 0.25) is 0 Å². The molecule has 2 aromatic heterocycles. The van der Waals surface area contributed by atoms with Gasteiger partial charge in [-0.15, -0.1) is 0 Å². The Labute approximate surface area is 95.1 Å². The first-order valence-electron chi connectivity index (χ1n) is 5.87. The summed E-state index contributed by atoms with van der Waals surface area (Å²) in [6.45, 7) is 3.01. The van der Waals surface area contributed by atoms with Crippen LogP contribution >= 0.6 is 0 Å². The highest BCUT2D eigenvalue weighted by atomic mass is 16.5. The molecule has 1 unspecified atom stereocenters. The molecule has 1 fully saturated rings. The van der Waals surface area contributed by atoms with Gasteiger partial charge in [0.15, 0.2) is 0 Å². The number of fused-ring (bicyclic) bond motifs is 1. The van der Waals surface area contributed by atoms with Gasteiger partial charge in [-0.1, -0.05) is 0 Å². The molecule has 3 rings (SSSR count). The average Bonchev–Trinajstić information content (AvgIpc) is 2.86. The predicted octanol–water partition coefficient (Wildman–Crippen LogP) is 2.36. The Morgan fingerprint density at radius 2 is 2.50 bits per heavy atom. The van der Waals surface area contributed by atoms with Crippen LogP contribution in [0.3, 0.4) is 0 Å². The molecule has 0 saturated carbocycles. The second-order valence-electron chi connectivity index (χ2n) is 4.54. The van der Waals surface area contributed by atoms with Crippen molar-refractivity contribution < 1.29 is 4.74 Å². The molecule has 0 aliphatic carbocycles. The van der Waals surface area contributed by atoms with E-state index in [-0.39, 0.29) is 0 Å².